The maximum Gasteiger partial charge on any atom is 0.168 e. The first-order valence-corrected chi connectivity index (χ1v) is 7.84. The Morgan fingerprint density at radius 3 is 2.71 bits per heavy atom. The van der Waals surface area contributed by atoms with Crippen molar-refractivity contribution < 1.29 is 0 Å². The Morgan fingerprint density at radius 1 is 1.24 bits per heavy atom. The van der Waals surface area contributed by atoms with Crippen LogP contribution >= 0.6 is 11.3 Å². The molecule has 0 unspecified atom stereocenters. The molecule has 0 aliphatic carbocycles. The molecule has 0 fully saturated rings. The van der Waals surface area contributed by atoms with Crippen LogP contribution in [-0.4, -0.2) is 21.1 Å². The fraction of sp³-hybridized carbons (Fsp3) is 0.250. The minimum absolute atomic E-state index is 0.836. The molecule has 0 amide bonds. The highest BCUT2D eigenvalue weighted by Crippen LogP contribution is 2.32. The number of nitrogens with one attached hydrogen (secondary N) is 1. The van der Waals surface area contributed by atoms with E-state index in [-0.39, 0.29) is 0 Å². The summed E-state index contributed by atoms with van der Waals surface area (Å²) in [7, 11) is 2.00. The summed E-state index contributed by atoms with van der Waals surface area (Å²) in [6, 6.07) is 10.3. The quantitative estimate of drug-likeness (QED) is 0.786. The number of benzene rings is 1. The highest BCUT2D eigenvalue weighted by Gasteiger charge is 2.16. The lowest BCUT2D eigenvalue weighted by molar-refractivity contribution is 0.735. The third kappa shape index (κ3) is 2.89. The van der Waals surface area contributed by atoms with E-state index in [1.807, 2.05) is 42.2 Å². The number of thiazole rings is 1. The van der Waals surface area contributed by atoms with E-state index in [1.165, 1.54) is 4.88 Å². The first-order valence-electron chi connectivity index (χ1n) is 7.03. The molecule has 0 spiro atoms. The van der Waals surface area contributed by atoms with Gasteiger partial charge in [-0.3, -0.25) is 0 Å². The van der Waals surface area contributed by atoms with Crippen LogP contribution in [0.1, 0.15) is 11.8 Å². The molecule has 0 radical (unpaired) electrons. The van der Waals surface area contributed by atoms with E-state index in [9.17, 15) is 0 Å². The Labute approximate surface area is 128 Å². The number of aryl methyl sites for hydroxylation is 1. The monoisotopic (exact) mass is 298 g/mol. The normalized spacial score (nSPS) is 11.0. The predicted octanol–water partition coefficient (Wildman–Crippen LogP) is 3.32. The Balaban J connectivity index is 2.05. The average Bonchev–Trinajstić information content (AvgIpc) is 3.12. The molecule has 108 valence electrons. The summed E-state index contributed by atoms with van der Waals surface area (Å²) >= 11 is 1.71. The van der Waals surface area contributed by atoms with Gasteiger partial charge in [0.2, 0.25) is 0 Å². The largest absolute Gasteiger partial charge is 0.332 e. The average molecular weight is 298 g/mol. The molecule has 2 aromatic heterocycles. The second-order valence-electron chi connectivity index (χ2n) is 4.80. The van der Waals surface area contributed by atoms with Gasteiger partial charge in [-0.05, 0) is 6.54 Å². The van der Waals surface area contributed by atoms with Crippen LogP contribution in [-0.2, 0) is 13.6 Å². The highest BCUT2D eigenvalue weighted by atomic mass is 32.1. The predicted molar refractivity (Wildman–Crippen MR) is 87.1 cm³/mol. The van der Waals surface area contributed by atoms with Crippen LogP contribution in [0.5, 0.6) is 0 Å². The van der Waals surface area contributed by atoms with E-state index in [0.717, 1.165) is 35.2 Å². The van der Waals surface area contributed by atoms with Crippen LogP contribution in [0.25, 0.3) is 22.1 Å². The SMILES string of the molecule is CCNCc1sc(-c2nccn2C)nc1-c1ccccc1. The summed E-state index contributed by atoms with van der Waals surface area (Å²) < 4.78 is 2.00. The van der Waals surface area contributed by atoms with Gasteiger partial charge in [0.1, 0.15) is 0 Å². The summed E-state index contributed by atoms with van der Waals surface area (Å²) in [5.74, 6) is 0.917. The zero-order chi connectivity index (χ0) is 14.7. The molecule has 4 nitrogen and oxygen atoms in total. The van der Waals surface area contributed by atoms with Gasteiger partial charge in [-0.2, -0.15) is 0 Å². The van der Waals surface area contributed by atoms with E-state index >= 15 is 0 Å². The molecule has 1 N–H and O–H groups in total. The molecule has 0 saturated carbocycles. The summed E-state index contributed by atoms with van der Waals surface area (Å²) in [5.41, 5.74) is 2.21. The number of nitrogens with zero attached hydrogens (tertiary/aromatic N) is 3. The van der Waals surface area contributed by atoms with Crippen molar-refractivity contribution in [1.82, 2.24) is 19.9 Å². The maximum atomic E-state index is 4.83. The second kappa shape index (κ2) is 6.20. The Bertz CT molecular complexity index is 715. The smallest absolute Gasteiger partial charge is 0.168 e. The van der Waals surface area contributed by atoms with Gasteiger partial charge >= 0.3 is 0 Å². The van der Waals surface area contributed by atoms with Gasteiger partial charge in [0.05, 0.1) is 5.69 Å². The summed E-state index contributed by atoms with van der Waals surface area (Å²) in [5, 5.41) is 4.36. The minimum atomic E-state index is 0.836. The van der Waals surface area contributed by atoms with Crippen molar-refractivity contribution in [3.05, 3.63) is 47.6 Å². The fourth-order valence-corrected chi connectivity index (χ4v) is 3.29. The van der Waals surface area contributed by atoms with Crippen LogP contribution in [0.2, 0.25) is 0 Å². The fourth-order valence-electron chi connectivity index (χ4n) is 2.20. The molecule has 3 rings (SSSR count). The molecular weight excluding hydrogens is 280 g/mol. The summed E-state index contributed by atoms with van der Waals surface area (Å²) in [6.07, 6.45) is 3.76. The number of hydrogen-bond donors (Lipinski definition) is 1. The number of hydrogen-bond acceptors (Lipinski definition) is 4. The van der Waals surface area contributed by atoms with Crippen LogP contribution in [0.4, 0.5) is 0 Å². The Morgan fingerprint density at radius 2 is 2.05 bits per heavy atom. The molecule has 5 heteroatoms. The first kappa shape index (κ1) is 14.0. The first-order chi connectivity index (χ1) is 10.3. The van der Waals surface area contributed by atoms with E-state index in [0.29, 0.717) is 0 Å². The second-order valence-corrected chi connectivity index (χ2v) is 5.88. The number of aromatic nitrogens is 3. The summed E-state index contributed by atoms with van der Waals surface area (Å²) in [6.45, 7) is 3.90. The third-order valence-electron chi connectivity index (χ3n) is 3.29. The Kier molecular flexibility index (Phi) is 4.13. The molecular formula is C16H18N4S. The lowest BCUT2D eigenvalue weighted by Gasteiger charge is -2.02. The van der Waals surface area contributed by atoms with E-state index < -0.39 is 0 Å². The van der Waals surface area contributed by atoms with Crippen molar-refractivity contribution in [3.63, 3.8) is 0 Å². The van der Waals surface area contributed by atoms with Gasteiger partial charge in [-0.1, -0.05) is 37.3 Å². The Hall–Kier alpha value is -1.98. The van der Waals surface area contributed by atoms with Gasteiger partial charge in [-0.25, -0.2) is 9.97 Å². The molecule has 21 heavy (non-hydrogen) atoms. The minimum Gasteiger partial charge on any atom is -0.332 e. The summed E-state index contributed by atoms with van der Waals surface area (Å²) in [4.78, 5) is 10.5. The van der Waals surface area contributed by atoms with Gasteiger partial charge in [0.25, 0.3) is 0 Å². The van der Waals surface area contributed by atoms with Crippen molar-refractivity contribution in [3.8, 4) is 22.1 Å². The molecule has 0 aliphatic rings. The van der Waals surface area contributed by atoms with Crippen molar-refractivity contribution in [2.45, 2.75) is 13.5 Å². The van der Waals surface area contributed by atoms with Crippen molar-refractivity contribution in [1.29, 1.82) is 0 Å². The van der Waals surface area contributed by atoms with Crippen molar-refractivity contribution >= 4 is 11.3 Å². The zero-order valence-electron chi connectivity index (χ0n) is 12.2. The molecule has 0 aliphatic heterocycles. The molecule has 0 atom stereocenters. The lowest BCUT2D eigenvalue weighted by atomic mass is 10.1. The standard InChI is InChI=1S/C16H18N4S/c1-3-17-11-13-14(12-7-5-4-6-8-12)19-16(21-13)15-18-9-10-20(15)2/h4-10,17H,3,11H2,1-2H3. The van der Waals surface area contributed by atoms with Crippen LogP contribution in [0.15, 0.2) is 42.7 Å². The van der Waals surface area contributed by atoms with E-state index in [2.05, 4.69) is 29.4 Å². The van der Waals surface area contributed by atoms with Gasteiger partial charge in [0.15, 0.2) is 10.8 Å². The molecule has 3 aromatic rings. The molecule has 0 saturated heterocycles. The maximum absolute atomic E-state index is 4.83. The topological polar surface area (TPSA) is 42.7 Å². The van der Waals surface area contributed by atoms with Crippen LogP contribution < -0.4 is 5.32 Å². The lowest BCUT2D eigenvalue weighted by Crippen LogP contribution is -2.11. The highest BCUT2D eigenvalue weighted by molar-refractivity contribution is 7.15. The van der Waals surface area contributed by atoms with Crippen molar-refractivity contribution in [2.75, 3.05) is 6.54 Å². The van der Waals surface area contributed by atoms with Gasteiger partial charge in [0, 0.05) is 36.4 Å². The molecule has 0 bridgehead atoms. The van der Waals surface area contributed by atoms with E-state index in [4.69, 9.17) is 4.98 Å². The third-order valence-corrected chi connectivity index (χ3v) is 4.34. The van der Waals surface area contributed by atoms with Crippen LogP contribution in [0.3, 0.4) is 0 Å². The van der Waals surface area contributed by atoms with E-state index in [1.54, 1.807) is 11.3 Å². The van der Waals surface area contributed by atoms with Crippen LogP contribution in [0, 0.1) is 0 Å². The molecule has 1 aromatic carbocycles. The van der Waals surface area contributed by atoms with Gasteiger partial charge < -0.3 is 9.88 Å². The van der Waals surface area contributed by atoms with Crippen molar-refractivity contribution in [2.24, 2.45) is 7.05 Å². The number of imidazole rings is 1. The number of rotatable bonds is 5. The molecule has 2 heterocycles. The van der Waals surface area contributed by atoms with Gasteiger partial charge in [-0.15, -0.1) is 11.3 Å². The zero-order valence-corrected chi connectivity index (χ0v) is 13.0.